The van der Waals surface area contributed by atoms with Gasteiger partial charge in [-0.1, -0.05) is 84.5 Å². The Bertz CT molecular complexity index is 184. The number of hydrogen-bond donors (Lipinski definition) is 1. The molecule has 0 amide bonds. The van der Waals surface area contributed by atoms with Crippen molar-refractivity contribution in [2.45, 2.75) is 122 Å². The standard InChI is InChI=1S/C19H39N/c1-3-5-10-14-18(15-11-6-4-2)20-19-16-12-8-7-9-13-17-19/h18-20H,3-17H2,1-2H3. The summed E-state index contributed by atoms with van der Waals surface area (Å²) in [5.41, 5.74) is 0. The molecule has 120 valence electrons. The fourth-order valence-corrected chi connectivity index (χ4v) is 3.55. The summed E-state index contributed by atoms with van der Waals surface area (Å²) < 4.78 is 0. The van der Waals surface area contributed by atoms with Crippen molar-refractivity contribution in [2.75, 3.05) is 0 Å². The van der Waals surface area contributed by atoms with Gasteiger partial charge in [-0.2, -0.15) is 0 Å². The van der Waals surface area contributed by atoms with Crippen LogP contribution in [0.3, 0.4) is 0 Å². The summed E-state index contributed by atoms with van der Waals surface area (Å²) >= 11 is 0. The van der Waals surface area contributed by atoms with E-state index in [9.17, 15) is 0 Å². The van der Waals surface area contributed by atoms with Gasteiger partial charge >= 0.3 is 0 Å². The smallest absolute Gasteiger partial charge is 0.00696 e. The van der Waals surface area contributed by atoms with Gasteiger partial charge < -0.3 is 5.32 Å². The lowest BCUT2D eigenvalue weighted by Gasteiger charge is -2.27. The van der Waals surface area contributed by atoms with Crippen LogP contribution in [-0.2, 0) is 0 Å². The molecule has 1 rings (SSSR count). The highest BCUT2D eigenvalue weighted by Gasteiger charge is 2.16. The zero-order valence-electron chi connectivity index (χ0n) is 14.3. The van der Waals surface area contributed by atoms with Crippen molar-refractivity contribution in [1.82, 2.24) is 5.32 Å². The van der Waals surface area contributed by atoms with Crippen molar-refractivity contribution >= 4 is 0 Å². The van der Waals surface area contributed by atoms with E-state index >= 15 is 0 Å². The van der Waals surface area contributed by atoms with E-state index < -0.39 is 0 Å². The van der Waals surface area contributed by atoms with E-state index in [-0.39, 0.29) is 0 Å². The first-order chi connectivity index (χ1) is 9.86. The average molecular weight is 282 g/mol. The molecule has 1 N–H and O–H groups in total. The molecule has 0 heterocycles. The van der Waals surface area contributed by atoms with Gasteiger partial charge in [0.25, 0.3) is 0 Å². The van der Waals surface area contributed by atoms with Gasteiger partial charge in [0.05, 0.1) is 0 Å². The molecule has 1 aliphatic rings. The Morgan fingerprint density at radius 3 is 1.75 bits per heavy atom. The maximum Gasteiger partial charge on any atom is 0.00696 e. The maximum atomic E-state index is 4.04. The van der Waals surface area contributed by atoms with Crippen LogP contribution in [0.2, 0.25) is 0 Å². The Kier molecular flexibility index (Phi) is 11.4. The van der Waals surface area contributed by atoms with Gasteiger partial charge in [-0.3, -0.25) is 0 Å². The number of nitrogens with one attached hydrogen (secondary N) is 1. The summed E-state index contributed by atoms with van der Waals surface area (Å²) in [6.07, 6.45) is 21.4. The summed E-state index contributed by atoms with van der Waals surface area (Å²) in [5.74, 6) is 0. The summed E-state index contributed by atoms with van der Waals surface area (Å²) in [6, 6.07) is 1.63. The maximum absolute atomic E-state index is 4.04. The second kappa shape index (κ2) is 12.7. The lowest BCUT2D eigenvalue weighted by atomic mass is 9.94. The molecule has 1 fully saturated rings. The van der Waals surface area contributed by atoms with E-state index in [4.69, 9.17) is 0 Å². The van der Waals surface area contributed by atoms with Crippen molar-refractivity contribution in [2.24, 2.45) is 0 Å². The lowest BCUT2D eigenvalue weighted by Crippen LogP contribution is -2.38. The van der Waals surface area contributed by atoms with Gasteiger partial charge in [-0.25, -0.2) is 0 Å². The molecule has 0 aromatic heterocycles. The molecule has 0 saturated heterocycles. The number of unbranched alkanes of at least 4 members (excludes halogenated alkanes) is 4. The minimum absolute atomic E-state index is 0.803. The molecular formula is C19H39N. The van der Waals surface area contributed by atoms with E-state index in [0.29, 0.717) is 0 Å². The molecular weight excluding hydrogens is 242 g/mol. The SMILES string of the molecule is CCCCCC(CCCCC)NC1CCCCCCC1. The van der Waals surface area contributed by atoms with E-state index in [0.717, 1.165) is 12.1 Å². The van der Waals surface area contributed by atoms with Gasteiger partial charge in [-0.15, -0.1) is 0 Å². The van der Waals surface area contributed by atoms with Crippen molar-refractivity contribution in [3.8, 4) is 0 Å². The Hall–Kier alpha value is -0.0400. The zero-order valence-corrected chi connectivity index (χ0v) is 14.3. The Labute approximate surface area is 128 Å². The summed E-state index contributed by atoms with van der Waals surface area (Å²) in [7, 11) is 0. The number of hydrogen-bond acceptors (Lipinski definition) is 1. The Balaban J connectivity index is 2.30. The second-order valence-corrected chi connectivity index (χ2v) is 6.90. The van der Waals surface area contributed by atoms with E-state index in [1.54, 1.807) is 0 Å². The third-order valence-electron chi connectivity index (χ3n) is 4.89. The molecule has 1 nitrogen and oxygen atoms in total. The van der Waals surface area contributed by atoms with Crippen LogP contribution in [0.15, 0.2) is 0 Å². The van der Waals surface area contributed by atoms with Gasteiger partial charge in [0.1, 0.15) is 0 Å². The molecule has 0 bridgehead atoms. The Morgan fingerprint density at radius 1 is 0.750 bits per heavy atom. The van der Waals surface area contributed by atoms with Crippen LogP contribution >= 0.6 is 0 Å². The molecule has 0 radical (unpaired) electrons. The minimum Gasteiger partial charge on any atom is -0.311 e. The van der Waals surface area contributed by atoms with Crippen molar-refractivity contribution in [3.63, 3.8) is 0 Å². The zero-order chi connectivity index (χ0) is 14.5. The highest BCUT2D eigenvalue weighted by atomic mass is 14.9. The van der Waals surface area contributed by atoms with Gasteiger partial charge in [0.15, 0.2) is 0 Å². The predicted octanol–water partition coefficient (Wildman–Crippen LogP) is 6.22. The van der Waals surface area contributed by atoms with Crippen LogP contribution in [0.4, 0.5) is 0 Å². The first kappa shape index (κ1) is 18.0. The quantitative estimate of drug-likeness (QED) is 0.469. The van der Waals surface area contributed by atoms with Crippen LogP contribution in [0.5, 0.6) is 0 Å². The fourth-order valence-electron chi connectivity index (χ4n) is 3.55. The van der Waals surface area contributed by atoms with Crippen LogP contribution < -0.4 is 5.32 Å². The average Bonchev–Trinajstić information content (AvgIpc) is 2.41. The summed E-state index contributed by atoms with van der Waals surface area (Å²) in [6.45, 7) is 4.63. The molecule has 0 aromatic rings. The highest BCUT2D eigenvalue weighted by Crippen LogP contribution is 2.19. The molecule has 0 spiro atoms. The molecule has 20 heavy (non-hydrogen) atoms. The monoisotopic (exact) mass is 281 g/mol. The molecule has 1 aliphatic carbocycles. The highest BCUT2D eigenvalue weighted by molar-refractivity contribution is 4.76. The van der Waals surface area contributed by atoms with Crippen molar-refractivity contribution < 1.29 is 0 Å². The van der Waals surface area contributed by atoms with E-state index in [1.165, 1.54) is 96.3 Å². The van der Waals surface area contributed by atoms with Crippen LogP contribution in [0.25, 0.3) is 0 Å². The molecule has 1 saturated carbocycles. The molecule has 0 aliphatic heterocycles. The minimum atomic E-state index is 0.803. The van der Waals surface area contributed by atoms with Gasteiger partial charge in [-0.05, 0) is 25.7 Å². The molecule has 0 aromatic carbocycles. The van der Waals surface area contributed by atoms with Gasteiger partial charge in [0.2, 0.25) is 0 Å². The Morgan fingerprint density at radius 2 is 1.25 bits per heavy atom. The largest absolute Gasteiger partial charge is 0.311 e. The second-order valence-electron chi connectivity index (χ2n) is 6.90. The third-order valence-corrected chi connectivity index (χ3v) is 4.89. The third kappa shape index (κ3) is 9.00. The molecule has 0 atom stereocenters. The molecule has 0 unspecified atom stereocenters. The predicted molar refractivity (Wildman–Crippen MR) is 91.3 cm³/mol. The van der Waals surface area contributed by atoms with Crippen LogP contribution in [0, 0.1) is 0 Å². The first-order valence-electron chi connectivity index (χ1n) is 9.62. The summed E-state index contributed by atoms with van der Waals surface area (Å²) in [5, 5.41) is 4.04. The van der Waals surface area contributed by atoms with Crippen molar-refractivity contribution in [1.29, 1.82) is 0 Å². The summed E-state index contributed by atoms with van der Waals surface area (Å²) in [4.78, 5) is 0. The fraction of sp³-hybridized carbons (Fsp3) is 1.00. The van der Waals surface area contributed by atoms with E-state index in [1.807, 2.05) is 0 Å². The first-order valence-corrected chi connectivity index (χ1v) is 9.62. The molecule has 1 heteroatoms. The van der Waals surface area contributed by atoms with Crippen LogP contribution in [0.1, 0.15) is 110 Å². The topological polar surface area (TPSA) is 12.0 Å². The lowest BCUT2D eigenvalue weighted by molar-refractivity contribution is 0.321. The van der Waals surface area contributed by atoms with Gasteiger partial charge in [0, 0.05) is 12.1 Å². The van der Waals surface area contributed by atoms with Crippen LogP contribution in [-0.4, -0.2) is 12.1 Å². The number of rotatable bonds is 10. The normalized spacial score (nSPS) is 18.1. The van der Waals surface area contributed by atoms with Crippen molar-refractivity contribution in [3.05, 3.63) is 0 Å². The van der Waals surface area contributed by atoms with E-state index in [2.05, 4.69) is 19.2 Å².